The molecule has 2 unspecified atom stereocenters. The number of ether oxygens (including phenoxy) is 2. The second kappa shape index (κ2) is 8.76. The molecule has 3 aromatic carbocycles. The highest BCUT2D eigenvalue weighted by Gasteiger charge is 2.37. The van der Waals surface area contributed by atoms with Crippen molar-refractivity contribution < 1.29 is 19.4 Å². The Morgan fingerprint density at radius 2 is 1.80 bits per heavy atom. The lowest BCUT2D eigenvalue weighted by atomic mass is 9.88. The van der Waals surface area contributed by atoms with Gasteiger partial charge in [-0.05, 0) is 47.9 Å². The molecule has 4 rings (SSSR count). The standard InChI is InChI=1S/C25H27NO4/c1-29-18-13-14-21(23(16-18)30-2)24(26-15-6-5-12-22(26)25(27)28)20-11-7-9-17-8-3-4-10-19(17)20/h3-4,7-11,13-14,16,22,24H,5-6,12,15H2,1-2H3,(H,27,28). The summed E-state index contributed by atoms with van der Waals surface area (Å²) in [5.74, 6) is 0.634. The second-order valence-corrected chi connectivity index (χ2v) is 7.67. The number of rotatable bonds is 6. The summed E-state index contributed by atoms with van der Waals surface area (Å²) in [5.41, 5.74) is 2.03. The molecule has 0 bridgehead atoms. The first-order valence-corrected chi connectivity index (χ1v) is 10.3. The van der Waals surface area contributed by atoms with E-state index in [-0.39, 0.29) is 6.04 Å². The highest BCUT2D eigenvalue weighted by Crippen LogP contribution is 2.42. The fraction of sp³-hybridized carbons (Fsp3) is 0.320. The predicted octanol–water partition coefficient (Wildman–Crippen LogP) is 4.89. The molecule has 1 N–H and O–H groups in total. The maximum Gasteiger partial charge on any atom is 0.320 e. The van der Waals surface area contributed by atoms with Crippen molar-refractivity contribution >= 4 is 16.7 Å². The number of fused-ring (bicyclic) bond motifs is 1. The van der Waals surface area contributed by atoms with E-state index in [1.807, 2.05) is 36.4 Å². The fourth-order valence-electron chi connectivity index (χ4n) is 4.59. The van der Waals surface area contributed by atoms with Gasteiger partial charge in [0, 0.05) is 11.6 Å². The molecule has 0 aromatic heterocycles. The Hall–Kier alpha value is -3.05. The first-order valence-electron chi connectivity index (χ1n) is 10.3. The van der Waals surface area contributed by atoms with Gasteiger partial charge in [-0.1, -0.05) is 48.9 Å². The number of hydrogen-bond acceptors (Lipinski definition) is 4. The van der Waals surface area contributed by atoms with E-state index in [0.29, 0.717) is 17.9 Å². The van der Waals surface area contributed by atoms with Crippen LogP contribution in [0.5, 0.6) is 11.5 Å². The molecule has 1 aliphatic rings. The first kappa shape index (κ1) is 20.2. The van der Waals surface area contributed by atoms with Crippen molar-refractivity contribution in [3.8, 4) is 11.5 Å². The maximum absolute atomic E-state index is 12.2. The normalized spacial score (nSPS) is 18.1. The van der Waals surface area contributed by atoms with Crippen molar-refractivity contribution in [1.29, 1.82) is 0 Å². The summed E-state index contributed by atoms with van der Waals surface area (Å²) in [7, 11) is 3.27. The van der Waals surface area contributed by atoms with E-state index in [0.717, 1.165) is 41.3 Å². The van der Waals surface area contributed by atoms with E-state index in [1.54, 1.807) is 14.2 Å². The topological polar surface area (TPSA) is 59.0 Å². The van der Waals surface area contributed by atoms with Crippen molar-refractivity contribution in [2.75, 3.05) is 20.8 Å². The Bertz CT molecular complexity index is 1040. The number of carboxylic acid groups (broad SMARTS) is 1. The molecule has 0 aliphatic carbocycles. The maximum atomic E-state index is 12.2. The molecule has 5 nitrogen and oxygen atoms in total. The summed E-state index contributed by atoms with van der Waals surface area (Å²) in [4.78, 5) is 14.3. The third kappa shape index (κ3) is 3.73. The van der Waals surface area contributed by atoms with E-state index in [1.165, 1.54) is 0 Å². The number of piperidine rings is 1. The smallest absolute Gasteiger partial charge is 0.320 e. The molecule has 1 fully saturated rings. The summed E-state index contributed by atoms with van der Waals surface area (Å²) in [5, 5.41) is 12.2. The van der Waals surface area contributed by atoms with Gasteiger partial charge in [0.2, 0.25) is 0 Å². The molecule has 5 heteroatoms. The minimum Gasteiger partial charge on any atom is -0.497 e. The highest BCUT2D eigenvalue weighted by atomic mass is 16.5. The summed E-state index contributed by atoms with van der Waals surface area (Å²) in [6.45, 7) is 0.722. The van der Waals surface area contributed by atoms with Gasteiger partial charge in [-0.3, -0.25) is 9.69 Å². The van der Waals surface area contributed by atoms with Crippen LogP contribution < -0.4 is 9.47 Å². The Kier molecular flexibility index (Phi) is 5.91. The Labute approximate surface area is 176 Å². The van der Waals surface area contributed by atoms with Gasteiger partial charge < -0.3 is 14.6 Å². The average molecular weight is 405 g/mol. The fourth-order valence-corrected chi connectivity index (χ4v) is 4.59. The van der Waals surface area contributed by atoms with E-state index >= 15 is 0 Å². The molecule has 0 spiro atoms. The predicted molar refractivity (Wildman–Crippen MR) is 117 cm³/mol. The minimum atomic E-state index is -0.771. The molecule has 30 heavy (non-hydrogen) atoms. The number of aliphatic carboxylic acids is 1. The number of carbonyl (C=O) groups is 1. The van der Waals surface area contributed by atoms with Crippen LogP contribution >= 0.6 is 0 Å². The van der Waals surface area contributed by atoms with Crippen LogP contribution in [0, 0.1) is 0 Å². The zero-order valence-corrected chi connectivity index (χ0v) is 17.4. The van der Waals surface area contributed by atoms with Gasteiger partial charge in [0.1, 0.15) is 17.5 Å². The van der Waals surface area contributed by atoms with E-state index in [2.05, 4.69) is 29.2 Å². The number of nitrogens with zero attached hydrogens (tertiary/aromatic N) is 1. The molecule has 2 atom stereocenters. The monoisotopic (exact) mass is 405 g/mol. The lowest BCUT2D eigenvalue weighted by Gasteiger charge is -2.40. The number of likely N-dealkylation sites (tertiary alicyclic amines) is 1. The Balaban J connectivity index is 1.95. The molecule has 0 radical (unpaired) electrons. The molecule has 1 saturated heterocycles. The lowest BCUT2D eigenvalue weighted by Crippen LogP contribution is -2.47. The summed E-state index contributed by atoms with van der Waals surface area (Å²) in [6.07, 6.45) is 2.55. The molecule has 156 valence electrons. The Morgan fingerprint density at radius 3 is 2.57 bits per heavy atom. The molecule has 1 aliphatic heterocycles. The third-order valence-corrected chi connectivity index (χ3v) is 6.01. The molecule has 0 amide bonds. The van der Waals surface area contributed by atoms with Gasteiger partial charge in [-0.15, -0.1) is 0 Å². The molecular weight excluding hydrogens is 378 g/mol. The zero-order valence-electron chi connectivity index (χ0n) is 17.4. The molecular formula is C25H27NO4. The van der Waals surface area contributed by atoms with Crippen molar-refractivity contribution in [3.63, 3.8) is 0 Å². The van der Waals surface area contributed by atoms with E-state index in [4.69, 9.17) is 9.47 Å². The second-order valence-electron chi connectivity index (χ2n) is 7.67. The average Bonchev–Trinajstić information content (AvgIpc) is 2.79. The summed E-state index contributed by atoms with van der Waals surface area (Å²) in [6, 6.07) is 19.5. The van der Waals surface area contributed by atoms with Crippen LogP contribution in [0.25, 0.3) is 10.8 Å². The van der Waals surface area contributed by atoms with Crippen molar-refractivity contribution in [1.82, 2.24) is 4.90 Å². The first-order chi connectivity index (χ1) is 14.6. The van der Waals surface area contributed by atoms with Crippen LogP contribution in [0.3, 0.4) is 0 Å². The van der Waals surface area contributed by atoms with Gasteiger partial charge >= 0.3 is 5.97 Å². The van der Waals surface area contributed by atoms with Crippen LogP contribution in [-0.4, -0.2) is 42.8 Å². The minimum absolute atomic E-state index is 0.238. The van der Waals surface area contributed by atoms with Crippen molar-refractivity contribution in [3.05, 3.63) is 71.8 Å². The van der Waals surface area contributed by atoms with Gasteiger partial charge in [0.25, 0.3) is 0 Å². The third-order valence-electron chi connectivity index (χ3n) is 6.01. The zero-order chi connectivity index (χ0) is 21.1. The lowest BCUT2D eigenvalue weighted by molar-refractivity contribution is -0.145. The van der Waals surface area contributed by atoms with Crippen molar-refractivity contribution in [2.45, 2.75) is 31.3 Å². The molecule has 1 heterocycles. The van der Waals surface area contributed by atoms with Crippen molar-refractivity contribution in [2.24, 2.45) is 0 Å². The van der Waals surface area contributed by atoms with Crippen LogP contribution in [0.4, 0.5) is 0 Å². The summed E-state index contributed by atoms with van der Waals surface area (Å²) < 4.78 is 11.1. The van der Waals surface area contributed by atoms with Gasteiger partial charge in [0.05, 0.1) is 20.3 Å². The van der Waals surface area contributed by atoms with E-state index in [9.17, 15) is 9.90 Å². The highest BCUT2D eigenvalue weighted by molar-refractivity contribution is 5.87. The largest absolute Gasteiger partial charge is 0.497 e. The van der Waals surface area contributed by atoms with Crippen LogP contribution in [0.1, 0.15) is 36.4 Å². The summed E-state index contributed by atoms with van der Waals surface area (Å²) >= 11 is 0. The number of methoxy groups -OCH3 is 2. The van der Waals surface area contributed by atoms with E-state index < -0.39 is 12.0 Å². The number of carboxylic acids is 1. The Morgan fingerprint density at radius 1 is 1.00 bits per heavy atom. The van der Waals surface area contributed by atoms with Crippen LogP contribution in [0.15, 0.2) is 60.7 Å². The molecule has 3 aromatic rings. The van der Waals surface area contributed by atoms with Crippen LogP contribution in [-0.2, 0) is 4.79 Å². The van der Waals surface area contributed by atoms with Gasteiger partial charge in [-0.2, -0.15) is 0 Å². The van der Waals surface area contributed by atoms with Gasteiger partial charge in [0.15, 0.2) is 0 Å². The van der Waals surface area contributed by atoms with Gasteiger partial charge in [-0.25, -0.2) is 0 Å². The quantitative estimate of drug-likeness (QED) is 0.633. The number of benzene rings is 3. The SMILES string of the molecule is COc1ccc(C(c2cccc3ccccc23)N2CCCCC2C(=O)O)c(OC)c1. The van der Waals surface area contributed by atoms with Crippen LogP contribution in [0.2, 0.25) is 0 Å². The number of hydrogen-bond donors (Lipinski definition) is 1. The molecule has 0 saturated carbocycles.